The Hall–Kier alpha value is -1.45. The summed E-state index contributed by atoms with van der Waals surface area (Å²) in [5, 5.41) is 3.76. The van der Waals surface area contributed by atoms with Crippen LogP contribution in [-0.2, 0) is 14.8 Å². The number of hydrogen-bond donors (Lipinski definition) is 0. The predicted octanol–water partition coefficient (Wildman–Crippen LogP) is 0.997. The fraction of sp³-hybridized carbons (Fsp3) is 0.765. The fourth-order valence-corrected chi connectivity index (χ4v) is 5.67. The van der Waals surface area contributed by atoms with Crippen LogP contribution in [0.15, 0.2) is 9.42 Å². The fourth-order valence-electron chi connectivity index (χ4n) is 3.96. The molecule has 0 radical (unpaired) electrons. The van der Waals surface area contributed by atoms with Crippen molar-refractivity contribution in [3.63, 3.8) is 0 Å². The molecule has 0 saturated carbocycles. The van der Waals surface area contributed by atoms with Gasteiger partial charge in [-0.1, -0.05) is 5.16 Å². The summed E-state index contributed by atoms with van der Waals surface area (Å²) in [6, 6.07) is 0.0709. The molecule has 146 valence electrons. The Morgan fingerprint density at radius 3 is 2.31 bits per heavy atom. The van der Waals surface area contributed by atoms with E-state index in [1.54, 1.807) is 13.8 Å². The Labute approximate surface area is 155 Å². The standard InChI is InChI=1S/C17H28N4O4S/c1-12(2)21-7-5-6-15(17(21)22)19-8-10-20(11-9-19)26(23,24)16-13(3)18-25-14(16)4/h12,15H,5-11H2,1-4H3/t15-/m1/s1. The zero-order valence-corrected chi connectivity index (χ0v) is 16.8. The molecular formula is C17H28N4O4S. The number of amides is 1. The smallest absolute Gasteiger partial charge is 0.248 e. The maximum Gasteiger partial charge on any atom is 0.248 e. The summed E-state index contributed by atoms with van der Waals surface area (Å²) in [6.45, 7) is 10.0. The second-order valence-corrected chi connectivity index (χ2v) is 9.25. The van der Waals surface area contributed by atoms with Crippen LogP contribution in [-0.4, -0.2) is 78.4 Å². The number of aryl methyl sites for hydroxylation is 2. The van der Waals surface area contributed by atoms with Crippen molar-refractivity contribution in [2.24, 2.45) is 0 Å². The number of sulfonamides is 1. The molecule has 0 aromatic carbocycles. The van der Waals surface area contributed by atoms with Gasteiger partial charge in [0.05, 0.1) is 6.04 Å². The van der Waals surface area contributed by atoms with Gasteiger partial charge in [-0.2, -0.15) is 4.31 Å². The second-order valence-electron chi connectivity index (χ2n) is 7.38. The zero-order chi connectivity index (χ0) is 19.1. The SMILES string of the molecule is Cc1noc(C)c1S(=O)(=O)N1CCN([C@@H]2CCCN(C(C)C)C2=O)CC1. The molecule has 2 aliphatic rings. The van der Waals surface area contributed by atoms with E-state index in [0.29, 0.717) is 37.6 Å². The third-order valence-corrected chi connectivity index (χ3v) is 7.49. The number of nitrogens with zero attached hydrogens (tertiary/aromatic N) is 4. The molecule has 2 saturated heterocycles. The molecule has 3 heterocycles. The maximum atomic E-state index is 12.9. The Kier molecular flexibility index (Phi) is 5.41. The first-order valence-corrected chi connectivity index (χ1v) is 10.6. The Bertz CT molecular complexity index is 746. The molecule has 1 aromatic rings. The van der Waals surface area contributed by atoms with Gasteiger partial charge in [0.25, 0.3) is 0 Å². The van der Waals surface area contributed by atoms with E-state index in [9.17, 15) is 13.2 Å². The van der Waals surface area contributed by atoms with Crippen molar-refractivity contribution < 1.29 is 17.7 Å². The lowest BCUT2D eigenvalue weighted by molar-refractivity contribution is -0.142. The van der Waals surface area contributed by atoms with Crippen molar-refractivity contribution in [3.05, 3.63) is 11.5 Å². The minimum atomic E-state index is -3.62. The molecule has 2 fully saturated rings. The van der Waals surface area contributed by atoms with Gasteiger partial charge in [-0.3, -0.25) is 9.69 Å². The first-order valence-electron chi connectivity index (χ1n) is 9.21. The summed E-state index contributed by atoms with van der Waals surface area (Å²) >= 11 is 0. The van der Waals surface area contributed by atoms with Gasteiger partial charge in [-0.05, 0) is 40.5 Å². The van der Waals surface area contributed by atoms with E-state index in [1.807, 2.05) is 18.7 Å². The highest BCUT2D eigenvalue weighted by Crippen LogP contribution is 2.26. The Morgan fingerprint density at radius 1 is 1.12 bits per heavy atom. The normalized spacial score (nSPS) is 23.8. The van der Waals surface area contributed by atoms with Crippen LogP contribution < -0.4 is 0 Å². The van der Waals surface area contributed by atoms with Gasteiger partial charge >= 0.3 is 0 Å². The molecule has 8 nitrogen and oxygen atoms in total. The van der Waals surface area contributed by atoms with E-state index in [2.05, 4.69) is 10.1 Å². The van der Waals surface area contributed by atoms with E-state index in [4.69, 9.17) is 4.52 Å². The summed E-state index contributed by atoms with van der Waals surface area (Å²) in [5.41, 5.74) is 0.389. The highest BCUT2D eigenvalue weighted by atomic mass is 32.2. The van der Waals surface area contributed by atoms with E-state index in [0.717, 1.165) is 19.4 Å². The van der Waals surface area contributed by atoms with Crippen LogP contribution in [0.25, 0.3) is 0 Å². The average molecular weight is 385 g/mol. The van der Waals surface area contributed by atoms with E-state index in [-0.39, 0.29) is 22.9 Å². The van der Waals surface area contributed by atoms with Crippen molar-refractivity contribution in [1.82, 2.24) is 19.3 Å². The lowest BCUT2D eigenvalue weighted by Gasteiger charge is -2.43. The predicted molar refractivity (Wildman–Crippen MR) is 96.2 cm³/mol. The van der Waals surface area contributed by atoms with Crippen LogP contribution in [0.1, 0.15) is 38.1 Å². The number of carbonyl (C=O) groups is 1. The Balaban J connectivity index is 1.69. The number of piperidine rings is 1. The molecule has 26 heavy (non-hydrogen) atoms. The minimum Gasteiger partial charge on any atom is -0.360 e. The molecular weight excluding hydrogens is 356 g/mol. The number of carbonyl (C=O) groups excluding carboxylic acids is 1. The van der Waals surface area contributed by atoms with Gasteiger partial charge in [0, 0.05) is 38.8 Å². The van der Waals surface area contributed by atoms with Crippen LogP contribution >= 0.6 is 0 Å². The molecule has 1 aromatic heterocycles. The first-order chi connectivity index (χ1) is 12.2. The highest BCUT2D eigenvalue weighted by molar-refractivity contribution is 7.89. The largest absolute Gasteiger partial charge is 0.360 e. The van der Waals surface area contributed by atoms with Crippen molar-refractivity contribution >= 4 is 15.9 Å². The molecule has 0 unspecified atom stereocenters. The van der Waals surface area contributed by atoms with Gasteiger partial charge in [-0.15, -0.1) is 0 Å². The maximum absolute atomic E-state index is 12.9. The van der Waals surface area contributed by atoms with Crippen LogP contribution in [0, 0.1) is 13.8 Å². The molecule has 1 amide bonds. The van der Waals surface area contributed by atoms with Crippen molar-refractivity contribution in [1.29, 1.82) is 0 Å². The topological polar surface area (TPSA) is 87.0 Å². The molecule has 0 spiro atoms. The third-order valence-electron chi connectivity index (χ3n) is 5.35. The zero-order valence-electron chi connectivity index (χ0n) is 15.9. The van der Waals surface area contributed by atoms with Crippen molar-refractivity contribution in [3.8, 4) is 0 Å². The summed E-state index contributed by atoms with van der Waals surface area (Å²) in [6.07, 6.45) is 1.84. The van der Waals surface area contributed by atoms with E-state index < -0.39 is 10.0 Å². The lowest BCUT2D eigenvalue weighted by atomic mass is 10.0. The summed E-state index contributed by atoms with van der Waals surface area (Å²) in [7, 11) is -3.62. The van der Waals surface area contributed by atoms with Gasteiger partial charge < -0.3 is 9.42 Å². The summed E-state index contributed by atoms with van der Waals surface area (Å²) < 4.78 is 32.3. The molecule has 2 aliphatic heterocycles. The van der Waals surface area contributed by atoms with E-state index in [1.165, 1.54) is 4.31 Å². The molecule has 0 bridgehead atoms. The molecule has 9 heteroatoms. The monoisotopic (exact) mass is 384 g/mol. The highest BCUT2D eigenvalue weighted by Gasteiger charge is 2.38. The van der Waals surface area contributed by atoms with Gasteiger partial charge in [0.1, 0.15) is 10.6 Å². The van der Waals surface area contributed by atoms with Crippen LogP contribution in [0.4, 0.5) is 0 Å². The number of hydrogen-bond acceptors (Lipinski definition) is 6. The first kappa shape index (κ1) is 19.3. The van der Waals surface area contributed by atoms with Crippen LogP contribution in [0.5, 0.6) is 0 Å². The van der Waals surface area contributed by atoms with Gasteiger partial charge in [0.15, 0.2) is 5.76 Å². The van der Waals surface area contributed by atoms with Crippen LogP contribution in [0.3, 0.4) is 0 Å². The quantitative estimate of drug-likeness (QED) is 0.770. The number of rotatable bonds is 4. The number of aromatic nitrogens is 1. The van der Waals surface area contributed by atoms with Gasteiger partial charge in [-0.25, -0.2) is 8.42 Å². The molecule has 1 atom stereocenters. The summed E-state index contributed by atoms with van der Waals surface area (Å²) in [5.74, 6) is 0.494. The van der Waals surface area contributed by atoms with Crippen LogP contribution in [0.2, 0.25) is 0 Å². The van der Waals surface area contributed by atoms with Crippen molar-refractivity contribution in [2.75, 3.05) is 32.7 Å². The average Bonchev–Trinajstić information content (AvgIpc) is 2.94. The van der Waals surface area contributed by atoms with Gasteiger partial charge in [0.2, 0.25) is 15.9 Å². The minimum absolute atomic E-state index is 0.130. The third kappa shape index (κ3) is 3.39. The second kappa shape index (κ2) is 7.28. The van der Waals surface area contributed by atoms with Crippen molar-refractivity contribution in [2.45, 2.75) is 57.5 Å². The Morgan fingerprint density at radius 2 is 1.77 bits per heavy atom. The molecule has 3 rings (SSSR count). The summed E-state index contributed by atoms with van der Waals surface area (Å²) in [4.78, 5) is 17.0. The number of piperazine rings is 1. The molecule has 0 N–H and O–H groups in total. The lowest BCUT2D eigenvalue weighted by Crippen LogP contribution is -2.59. The number of likely N-dealkylation sites (tertiary alicyclic amines) is 1. The van der Waals surface area contributed by atoms with E-state index >= 15 is 0 Å². The molecule has 0 aliphatic carbocycles.